The van der Waals surface area contributed by atoms with Gasteiger partial charge in [-0.2, -0.15) is 0 Å². The first kappa shape index (κ1) is 11.0. The molecule has 0 amide bonds. The molecule has 0 radical (unpaired) electrons. The van der Waals surface area contributed by atoms with E-state index in [1.807, 2.05) is 7.05 Å². The highest BCUT2D eigenvalue weighted by atomic mass is 16.5. The lowest BCUT2D eigenvalue weighted by Gasteiger charge is -2.30. The molecule has 0 aromatic rings. The van der Waals surface area contributed by atoms with Crippen molar-refractivity contribution in [3.63, 3.8) is 0 Å². The minimum Gasteiger partial charge on any atom is -0.396 e. The Morgan fingerprint density at radius 1 is 1.46 bits per heavy atom. The van der Waals surface area contributed by atoms with E-state index in [0.717, 1.165) is 44.8 Å². The van der Waals surface area contributed by atoms with Crippen LogP contribution >= 0.6 is 0 Å². The van der Waals surface area contributed by atoms with Crippen LogP contribution in [0.2, 0.25) is 0 Å². The number of rotatable bonds is 5. The predicted octanol–water partition coefficient (Wildman–Crippen LogP) is 0.773. The summed E-state index contributed by atoms with van der Waals surface area (Å²) in [4.78, 5) is 0. The largest absolute Gasteiger partial charge is 0.396 e. The third-order valence-corrected chi connectivity index (χ3v) is 2.88. The monoisotopic (exact) mass is 187 g/mol. The van der Waals surface area contributed by atoms with Gasteiger partial charge in [0.1, 0.15) is 0 Å². The summed E-state index contributed by atoms with van der Waals surface area (Å²) in [5.41, 5.74) is 0. The van der Waals surface area contributed by atoms with Gasteiger partial charge in [0.15, 0.2) is 0 Å². The van der Waals surface area contributed by atoms with Gasteiger partial charge in [-0.15, -0.1) is 0 Å². The molecule has 0 bridgehead atoms. The highest BCUT2D eigenvalue weighted by Gasteiger charge is 2.21. The van der Waals surface area contributed by atoms with Crippen molar-refractivity contribution >= 4 is 0 Å². The van der Waals surface area contributed by atoms with E-state index in [0.29, 0.717) is 12.6 Å². The first-order valence-electron chi connectivity index (χ1n) is 5.24. The molecule has 1 atom stereocenters. The van der Waals surface area contributed by atoms with Crippen molar-refractivity contribution in [3.8, 4) is 0 Å². The minimum absolute atomic E-state index is 0.307. The van der Waals surface area contributed by atoms with Crippen LogP contribution < -0.4 is 5.32 Å². The maximum absolute atomic E-state index is 8.76. The Labute approximate surface area is 80.5 Å². The lowest BCUT2D eigenvalue weighted by Crippen LogP contribution is -2.37. The molecule has 2 N–H and O–H groups in total. The highest BCUT2D eigenvalue weighted by molar-refractivity contribution is 4.77. The lowest BCUT2D eigenvalue weighted by atomic mass is 9.89. The number of ether oxygens (including phenoxy) is 1. The maximum Gasteiger partial charge on any atom is 0.0469 e. The predicted molar refractivity (Wildman–Crippen MR) is 52.7 cm³/mol. The van der Waals surface area contributed by atoms with Crippen molar-refractivity contribution in [1.82, 2.24) is 5.32 Å². The average Bonchev–Trinajstić information content (AvgIpc) is 2.21. The Balaban J connectivity index is 2.26. The van der Waals surface area contributed by atoms with E-state index < -0.39 is 0 Å². The summed E-state index contributed by atoms with van der Waals surface area (Å²) in [6.45, 7) is 2.12. The number of aliphatic hydroxyl groups excluding tert-OH is 1. The third kappa shape index (κ3) is 3.63. The van der Waals surface area contributed by atoms with E-state index in [2.05, 4.69) is 5.32 Å². The molecular weight excluding hydrogens is 166 g/mol. The van der Waals surface area contributed by atoms with Gasteiger partial charge in [0, 0.05) is 25.9 Å². The standard InChI is InChI=1S/C10H21NO2/c1-11-10(3-2-6-12)9-4-7-13-8-5-9/h9-12H,2-8H2,1H3. The van der Waals surface area contributed by atoms with Gasteiger partial charge in [-0.05, 0) is 38.6 Å². The molecule has 1 aliphatic heterocycles. The topological polar surface area (TPSA) is 41.5 Å². The molecule has 3 heteroatoms. The van der Waals surface area contributed by atoms with Gasteiger partial charge in [-0.1, -0.05) is 0 Å². The Morgan fingerprint density at radius 3 is 2.69 bits per heavy atom. The normalized spacial score (nSPS) is 21.7. The molecule has 0 aromatic heterocycles. The van der Waals surface area contributed by atoms with Gasteiger partial charge in [-0.25, -0.2) is 0 Å². The van der Waals surface area contributed by atoms with Crippen LogP contribution in [-0.2, 0) is 4.74 Å². The van der Waals surface area contributed by atoms with E-state index in [1.165, 1.54) is 0 Å². The molecule has 13 heavy (non-hydrogen) atoms. The van der Waals surface area contributed by atoms with Crippen LogP contribution in [0.25, 0.3) is 0 Å². The van der Waals surface area contributed by atoms with Crippen LogP contribution in [0.3, 0.4) is 0 Å². The molecule has 0 saturated carbocycles. The number of hydrogen-bond donors (Lipinski definition) is 2. The van der Waals surface area contributed by atoms with Crippen LogP contribution in [0.5, 0.6) is 0 Å². The first-order valence-corrected chi connectivity index (χ1v) is 5.24. The Hall–Kier alpha value is -0.120. The van der Waals surface area contributed by atoms with Crippen molar-refractivity contribution in [3.05, 3.63) is 0 Å². The second-order valence-electron chi connectivity index (χ2n) is 3.71. The van der Waals surface area contributed by atoms with E-state index >= 15 is 0 Å². The van der Waals surface area contributed by atoms with Gasteiger partial charge in [-0.3, -0.25) is 0 Å². The van der Waals surface area contributed by atoms with Crippen molar-refractivity contribution in [2.45, 2.75) is 31.7 Å². The van der Waals surface area contributed by atoms with Crippen molar-refractivity contribution in [2.24, 2.45) is 5.92 Å². The zero-order valence-electron chi connectivity index (χ0n) is 8.46. The van der Waals surface area contributed by atoms with Gasteiger partial charge < -0.3 is 15.2 Å². The number of nitrogens with one attached hydrogen (secondary N) is 1. The van der Waals surface area contributed by atoms with Crippen molar-refractivity contribution in [2.75, 3.05) is 26.9 Å². The fourth-order valence-corrected chi connectivity index (χ4v) is 2.05. The maximum atomic E-state index is 8.76. The van der Waals surface area contributed by atoms with E-state index in [9.17, 15) is 0 Å². The summed E-state index contributed by atoms with van der Waals surface area (Å²) in [7, 11) is 2.01. The van der Waals surface area contributed by atoms with Crippen molar-refractivity contribution < 1.29 is 9.84 Å². The molecule has 1 fully saturated rings. The molecule has 0 spiro atoms. The first-order chi connectivity index (χ1) is 6.38. The van der Waals surface area contributed by atoms with E-state index in [1.54, 1.807) is 0 Å². The zero-order valence-corrected chi connectivity index (χ0v) is 8.46. The second-order valence-corrected chi connectivity index (χ2v) is 3.71. The molecule has 1 heterocycles. The summed E-state index contributed by atoms with van der Waals surface area (Å²) < 4.78 is 5.32. The summed E-state index contributed by atoms with van der Waals surface area (Å²) in [5.74, 6) is 0.741. The minimum atomic E-state index is 0.307. The quantitative estimate of drug-likeness (QED) is 0.668. The second kappa shape index (κ2) is 6.35. The van der Waals surface area contributed by atoms with Crippen molar-refractivity contribution in [1.29, 1.82) is 0 Å². The molecule has 0 aliphatic carbocycles. The molecule has 3 nitrogen and oxygen atoms in total. The fraction of sp³-hybridized carbons (Fsp3) is 1.00. The number of hydrogen-bond acceptors (Lipinski definition) is 3. The smallest absolute Gasteiger partial charge is 0.0469 e. The fourth-order valence-electron chi connectivity index (χ4n) is 2.05. The third-order valence-electron chi connectivity index (χ3n) is 2.88. The molecule has 0 aromatic carbocycles. The molecular formula is C10H21NO2. The summed E-state index contributed by atoms with van der Waals surface area (Å²) in [5, 5.41) is 12.1. The van der Waals surface area contributed by atoms with E-state index in [4.69, 9.17) is 9.84 Å². The molecule has 78 valence electrons. The van der Waals surface area contributed by atoms with Crippen LogP contribution in [0.15, 0.2) is 0 Å². The SMILES string of the molecule is CNC(CCCO)C1CCOCC1. The lowest BCUT2D eigenvalue weighted by molar-refractivity contribution is 0.0527. The van der Waals surface area contributed by atoms with Crippen LogP contribution in [0.1, 0.15) is 25.7 Å². The highest BCUT2D eigenvalue weighted by Crippen LogP contribution is 2.21. The van der Waals surface area contributed by atoms with Crippen LogP contribution in [-0.4, -0.2) is 38.0 Å². The summed E-state index contributed by atoms with van der Waals surface area (Å²) in [6, 6.07) is 0.566. The van der Waals surface area contributed by atoms with Gasteiger partial charge >= 0.3 is 0 Å². The Bertz CT molecular complexity index is 124. The molecule has 1 unspecified atom stereocenters. The van der Waals surface area contributed by atoms with E-state index in [-0.39, 0.29) is 0 Å². The van der Waals surface area contributed by atoms with Gasteiger partial charge in [0.05, 0.1) is 0 Å². The average molecular weight is 187 g/mol. The summed E-state index contributed by atoms with van der Waals surface area (Å²) >= 11 is 0. The molecule has 1 saturated heterocycles. The Morgan fingerprint density at radius 2 is 2.15 bits per heavy atom. The van der Waals surface area contributed by atoms with Gasteiger partial charge in [0.2, 0.25) is 0 Å². The van der Waals surface area contributed by atoms with Crippen LogP contribution in [0.4, 0.5) is 0 Å². The zero-order chi connectivity index (χ0) is 9.52. The molecule has 1 rings (SSSR count). The molecule has 1 aliphatic rings. The number of aliphatic hydroxyl groups is 1. The summed E-state index contributed by atoms with van der Waals surface area (Å²) in [6.07, 6.45) is 4.31. The van der Waals surface area contributed by atoms with Crippen LogP contribution in [0, 0.1) is 5.92 Å². The Kier molecular flexibility index (Phi) is 5.35. The van der Waals surface area contributed by atoms with Gasteiger partial charge in [0.25, 0.3) is 0 Å².